The van der Waals surface area contributed by atoms with Crippen LogP contribution in [-0.2, 0) is 4.79 Å². The highest BCUT2D eigenvalue weighted by Crippen LogP contribution is 2.36. The van der Waals surface area contributed by atoms with Gasteiger partial charge in [0.2, 0.25) is 5.78 Å². The van der Waals surface area contributed by atoms with Gasteiger partial charge in [-0.15, -0.1) is 0 Å². The molecule has 6 nitrogen and oxygen atoms in total. The van der Waals surface area contributed by atoms with Crippen molar-refractivity contribution in [3.05, 3.63) is 53.3 Å². The Balaban J connectivity index is 1.87. The van der Waals surface area contributed by atoms with Crippen LogP contribution >= 0.6 is 0 Å². The minimum atomic E-state index is -0.352. The van der Waals surface area contributed by atoms with Crippen molar-refractivity contribution >= 4 is 17.8 Å². The molecule has 26 heavy (non-hydrogen) atoms. The minimum Gasteiger partial charge on any atom is -0.493 e. The minimum absolute atomic E-state index is 0.186. The van der Waals surface area contributed by atoms with Crippen molar-refractivity contribution in [1.29, 1.82) is 0 Å². The quantitative estimate of drug-likeness (QED) is 0.464. The molecule has 0 N–H and O–H groups in total. The lowest BCUT2D eigenvalue weighted by molar-refractivity contribution is -0.134. The van der Waals surface area contributed by atoms with E-state index in [1.165, 1.54) is 6.07 Å². The first-order chi connectivity index (χ1) is 12.5. The van der Waals surface area contributed by atoms with E-state index in [4.69, 9.17) is 18.9 Å². The molecule has 1 aliphatic heterocycles. The number of fused-ring (bicyclic) bond motifs is 1. The maximum Gasteiger partial charge on any atom is 0.310 e. The van der Waals surface area contributed by atoms with E-state index in [1.54, 1.807) is 57.6 Å². The summed E-state index contributed by atoms with van der Waals surface area (Å²) in [6.07, 6.45) is 1.89. The molecule has 0 atom stereocenters. The van der Waals surface area contributed by atoms with Gasteiger partial charge < -0.3 is 18.9 Å². The maximum absolute atomic E-state index is 12.5. The Morgan fingerprint density at radius 1 is 1.08 bits per heavy atom. The number of ether oxygens (including phenoxy) is 4. The van der Waals surface area contributed by atoms with E-state index in [0.29, 0.717) is 28.6 Å². The third-order valence-corrected chi connectivity index (χ3v) is 3.87. The van der Waals surface area contributed by atoms with Crippen LogP contribution in [0.3, 0.4) is 0 Å². The van der Waals surface area contributed by atoms with Crippen molar-refractivity contribution in [2.45, 2.75) is 13.3 Å². The van der Waals surface area contributed by atoms with Gasteiger partial charge in [0.1, 0.15) is 11.5 Å². The second kappa shape index (κ2) is 7.31. The third-order valence-electron chi connectivity index (χ3n) is 3.87. The Hall–Kier alpha value is -3.28. The summed E-state index contributed by atoms with van der Waals surface area (Å²) < 4.78 is 21.3. The van der Waals surface area contributed by atoms with Crippen LogP contribution in [0.4, 0.5) is 0 Å². The number of hydrogen-bond donors (Lipinski definition) is 0. The van der Waals surface area contributed by atoms with E-state index in [1.807, 2.05) is 0 Å². The van der Waals surface area contributed by atoms with Gasteiger partial charge in [-0.1, -0.05) is 13.0 Å². The molecule has 0 radical (unpaired) electrons. The monoisotopic (exact) mass is 354 g/mol. The van der Waals surface area contributed by atoms with Crippen LogP contribution in [-0.4, -0.2) is 26.0 Å². The predicted octanol–water partition coefficient (Wildman–Crippen LogP) is 3.64. The Kier molecular flexibility index (Phi) is 4.93. The highest BCUT2D eigenvalue weighted by atomic mass is 16.5. The first-order valence-electron chi connectivity index (χ1n) is 8.06. The fourth-order valence-corrected chi connectivity index (χ4v) is 2.53. The fourth-order valence-electron chi connectivity index (χ4n) is 2.53. The van der Waals surface area contributed by atoms with Crippen LogP contribution in [0.15, 0.2) is 42.2 Å². The fraction of sp³-hybridized carbons (Fsp3) is 0.200. The lowest BCUT2D eigenvalue weighted by atomic mass is 10.1. The number of hydrogen-bond acceptors (Lipinski definition) is 6. The number of rotatable bonds is 5. The van der Waals surface area contributed by atoms with E-state index in [0.717, 1.165) is 5.56 Å². The molecule has 1 heterocycles. The number of allylic oxidation sites excluding steroid dienone is 1. The molecule has 6 heteroatoms. The second-order valence-corrected chi connectivity index (χ2v) is 5.54. The number of benzene rings is 2. The summed E-state index contributed by atoms with van der Waals surface area (Å²) in [5.41, 5.74) is 1.16. The number of carbonyl (C=O) groups is 2. The average Bonchev–Trinajstić information content (AvgIpc) is 2.96. The van der Waals surface area contributed by atoms with Crippen LogP contribution in [0.5, 0.6) is 23.0 Å². The van der Waals surface area contributed by atoms with Crippen molar-refractivity contribution in [3.8, 4) is 23.0 Å². The molecule has 0 spiro atoms. The van der Waals surface area contributed by atoms with Crippen LogP contribution < -0.4 is 18.9 Å². The zero-order valence-electron chi connectivity index (χ0n) is 14.7. The first-order valence-corrected chi connectivity index (χ1v) is 8.06. The second-order valence-electron chi connectivity index (χ2n) is 5.54. The number of carbonyl (C=O) groups excluding carboxylic acids is 2. The summed E-state index contributed by atoms with van der Waals surface area (Å²) in [7, 11) is 3.10. The Labute approximate surface area is 150 Å². The number of ketones is 1. The summed E-state index contributed by atoms with van der Waals surface area (Å²) in [6.45, 7) is 1.71. The lowest BCUT2D eigenvalue weighted by Crippen LogP contribution is -2.05. The van der Waals surface area contributed by atoms with Crippen molar-refractivity contribution in [2.24, 2.45) is 0 Å². The van der Waals surface area contributed by atoms with Crippen molar-refractivity contribution in [2.75, 3.05) is 14.2 Å². The van der Waals surface area contributed by atoms with Crippen LogP contribution in [0.25, 0.3) is 6.08 Å². The molecule has 0 unspecified atom stereocenters. The SMILES string of the molecule is CCC(=O)Oc1ccc2c(c1)O/C(=C\c1ccc(OC)c(OC)c1)C2=O. The molecule has 2 aromatic carbocycles. The lowest BCUT2D eigenvalue weighted by Gasteiger charge is -2.08. The zero-order valence-corrected chi connectivity index (χ0v) is 14.7. The number of methoxy groups -OCH3 is 2. The van der Waals surface area contributed by atoms with Gasteiger partial charge in [0, 0.05) is 12.5 Å². The summed E-state index contributed by atoms with van der Waals surface area (Å²) in [5.74, 6) is 1.46. The maximum atomic E-state index is 12.5. The highest BCUT2D eigenvalue weighted by molar-refractivity contribution is 6.14. The Bertz CT molecular complexity index is 897. The van der Waals surface area contributed by atoms with E-state index >= 15 is 0 Å². The summed E-state index contributed by atoms with van der Waals surface area (Å²) >= 11 is 0. The predicted molar refractivity (Wildman–Crippen MR) is 94.8 cm³/mol. The zero-order chi connectivity index (χ0) is 18.7. The molecule has 0 saturated heterocycles. The molecular formula is C20H18O6. The molecule has 3 rings (SSSR count). The number of Topliss-reactive ketones (excluding diaryl/α,β-unsaturated/α-hetero) is 1. The van der Waals surface area contributed by atoms with Gasteiger partial charge in [0.15, 0.2) is 17.3 Å². The molecule has 0 fully saturated rings. The van der Waals surface area contributed by atoms with Crippen LogP contribution in [0.1, 0.15) is 29.3 Å². The van der Waals surface area contributed by atoms with Gasteiger partial charge in [-0.2, -0.15) is 0 Å². The topological polar surface area (TPSA) is 71.1 Å². The third kappa shape index (κ3) is 3.39. The molecule has 0 aromatic heterocycles. The number of esters is 1. The normalized spacial score (nSPS) is 14.0. The van der Waals surface area contributed by atoms with Gasteiger partial charge in [-0.25, -0.2) is 0 Å². The molecule has 134 valence electrons. The van der Waals surface area contributed by atoms with Gasteiger partial charge in [0.05, 0.1) is 19.8 Å². The van der Waals surface area contributed by atoms with Gasteiger partial charge in [-0.3, -0.25) is 9.59 Å². The average molecular weight is 354 g/mol. The van der Waals surface area contributed by atoms with Crippen molar-refractivity contribution in [3.63, 3.8) is 0 Å². The molecule has 0 aliphatic carbocycles. The smallest absolute Gasteiger partial charge is 0.310 e. The van der Waals surface area contributed by atoms with Gasteiger partial charge >= 0.3 is 5.97 Å². The van der Waals surface area contributed by atoms with Crippen molar-refractivity contribution in [1.82, 2.24) is 0 Å². The van der Waals surface area contributed by atoms with Gasteiger partial charge in [0.25, 0.3) is 0 Å². The highest BCUT2D eigenvalue weighted by Gasteiger charge is 2.28. The standard InChI is InChI=1S/C20H18O6/c1-4-19(21)25-13-6-7-14-16(11-13)26-18(20(14)22)10-12-5-8-15(23-2)17(9-12)24-3/h5-11H,4H2,1-3H3/b18-10-. The van der Waals surface area contributed by atoms with E-state index in [2.05, 4.69) is 0 Å². The molecular weight excluding hydrogens is 336 g/mol. The Morgan fingerprint density at radius 2 is 1.85 bits per heavy atom. The molecule has 0 amide bonds. The first kappa shape index (κ1) is 17.5. The van der Waals surface area contributed by atoms with Crippen molar-refractivity contribution < 1.29 is 28.5 Å². The van der Waals surface area contributed by atoms with Crippen LogP contribution in [0, 0.1) is 0 Å². The van der Waals surface area contributed by atoms with E-state index < -0.39 is 0 Å². The largest absolute Gasteiger partial charge is 0.493 e. The summed E-state index contributed by atoms with van der Waals surface area (Å²) in [5, 5.41) is 0. The summed E-state index contributed by atoms with van der Waals surface area (Å²) in [6, 6.07) is 10.00. The van der Waals surface area contributed by atoms with E-state index in [9.17, 15) is 9.59 Å². The Morgan fingerprint density at radius 3 is 2.54 bits per heavy atom. The van der Waals surface area contributed by atoms with Gasteiger partial charge in [-0.05, 0) is 35.9 Å². The van der Waals surface area contributed by atoms with E-state index in [-0.39, 0.29) is 23.9 Å². The molecule has 0 bridgehead atoms. The molecule has 0 saturated carbocycles. The summed E-state index contributed by atoms with van der Waals surface area (Å²) in [4.78, 5) is 23.9. The molecule has 2 aromatic rings. The molecule has 1 aliphatic rings. The van der Waals surface area contributed by atoms with Crippen LogP contribution in [0.2, 0.25) is 0 Å².